The number of ether oxygens (including phenoxy) is 3. The molecule has 0 radical (unpaired) electrons. The summed E-state index contributed by atoms with van der Waals surface area (Å²) >= 11 is 0. The number of nitrogens with one attached hydrogen (secondary N) is 1. The fourth-order valence-corrected chi connectivity index (χ4v) is 3.34. The van der Waals surface area contributed by atoms with Crippen molar-refractivity contribution in [2.24, 2.45) is 5.73 Å². The van der Waals surface area contributed by atoms with E-state index < -0.39 is 23.6 Å². The molecule has 0 spiro atoms. The molecule has 2 amide bonds. The van der Waals surface area contributed by atoms with Gasteiger partial charge >= 0.3 is 6.09 Å². The second-order valence-electron chi connectivity index (χ2n) is 8.97. The van der Waals surface area contributed by atoms with Crippen molar-refractivity contribution in [1.82, 2.24) is 15.3 Å². The van der Waals surface area contributed by atoms with Crippen LogP contribution in [0.2, 0.25) is 0 Å². The van der Waals surface area contributed by atoms with Crippen molar-refractivity contribution < 1.29 is 23.8 Å². The Hall–Kier alpha value is -3.88. The lowest BCUT2D eigenvalue weighted by atomic mass is 10.0. The van der Waals surface area contributed by atoms with Gasteiger partial charge in [0.2, 0.25) is 5.88 Å². The summed E-state index contributed by atoms with van der Waals surface area (Å²) in [6.45, 7) is 9.24. The molecule has 9 heteroatoms. The van der Waals surface area contributed by atoms with E-state index in [-0.39, 0.29) is 18.2 Å². The first-order chi connectivity index (χ1) is 16.0. The van der Waals surface area contributed by atoms with Gasteiger partial charge in [0.05, 0.1) is 24.2 Å². The first-order valence-electron chi connectivity index (χ1n) is 10.8. The molecule has 0 saturated carbocycles. The molecular formula is C25H30N4O5. The molecule has 2 aromatic carbocycles. The van der Waals surface area contributed by atoms with Crippen LogP contribution in [-0.2, 0) is 11.3 Å². The molecule has 0 saturated heterocycles. The Morgan fingerprint density at radius 3 is 2.38 bits per heavy atom. The number of rotatable bonds is 7. The first-order valence-corrected chi connectivity index (χ1v) is 10.8. The quantitative estimate of drug-likeness (QED) is 0.534. The largest absolute Gasteiger partial charge is 0.497 e. The van der Waals surface area contributed by atoms with Gasteiger partial charge in [0, 0.05) is 5.56 Å². The lowest BCUT2D eigenvalue weighted by molar-refractivity contribution is 0.0508. The molecule has 180 valence electrons. The minimum absolute atomic E-state index is 0.0189. The number of hydrogen-bond acceptors (Lipinski definition) is 7. The highest BCUT2D eigenvalue weighted by molar-refractivity contribution is 5.95. The molecule has 1 atom stereocenters. The predicted molar refractivity (Wildman–Crippen MR) is 128 cm³/mol. The van der Waals surface area contributed by atoms with Crippen molar-refractivity contribution in [3.05, 3.63) is 58.8 Å². The van der Waals surface area contributed by atoms with Crippen LogP contribution in [-0.4, -0.2) is 34.7 Å². The van der Waals surface area contributed by atoms with Crippen LogP contribution in [0, 0.1) is 6.92 Å². The van der Waals surface area contributed by atoms with Crippen molar-refractivity contribution in [3.63, 3.8) is 0 Å². The molecule has 0 aliphatic carbocycles. The van der Waals surface area contributed by atoms with Crippen LogP contribution in [0.4, 0.5) is 4.79 Å². The number of carbonyl (C=O) groups excluding carboxylic acids is 2. The smallest absolute Gasteiger partial charge is 0.408 e. The maximum absolute atomic E-state index is 12.3. The molecule has 3 aromatic rings. The van der Waals surface area contributed by atoms with E-state index in [9.17, 15) is 9.59 Å². The fraction of sp³-hybridized carbons (Fsp3) is 0.360. The molecule has 3 rings (SSSR count). The Labute approximate surface area is 198 Å². The second kappa shape index (κ2) is 9.94. The van der Waals surface area contributed by atoms with Crippen LogP contribution in [0.1, 0.15) is 60.9 Å². The first kappa shape index (κ1) is 24.8. The summed E-state index contributed by atoms with van der Waals surface area (Å²) in [6.07, 6.45) is -0.549. The molecule has 9 nitrogen and oxygen atoms in total. The number of nitrogens with two attached hydrogens (primary N) is 1. The van der Waals surface area contributed by atoms with E-state index in [4.69, 9.17) is 19.9 Å². The zero-order valence-corrected chi connectivity index (χ0v) is 20.3. The van der Waals surface area contributed by atoms with Gasteiger partial charge in [-0.3, -0.25) is 4.79 Å². The van der Waals surface area contributed by atoms with Crippen LogP contribution >= 0.6 is 0 Å². The summed E-state index contributed by atoms with van der Waals surface area (Å²) in [5.74, 6) is -0.00828. The highest BCUT2D eigenvalue weighted by Crippen LogP contribution is 2.28. The number of primary amides is 1. The van der Waals surface area contributed by atoms with Gasteiger partial charge in [-0.25, -0.2) is 14.8 Å². The number of benzene rings is 2. The summed E-state index contributed by atoms with van der Waals surface area (Å²) in [4.78, 5) is 33.4. The zero-order chi connectivity index (χ0) is 25.0. The molecule has 0 aliphatic heterocycles. The average Bonchev–Trinajstić information content (AvgIpc) is 2.75. The second-order valence-corrected chi connectivity index (χ2v) is 8.97. The van der Waals surface area contributed by atoms with E-state index in [0.717, 1.165) is 16.9 Å². The van der Waals surface area contributed by atoms with Crippen molar-refractivity contribution in [2.45, 2.75) is 52.9 Å². The molecule has 0 bridgehead atoms. The van der Waals surface area contributed by atoms with Crippen molar-refractivity contribution in [3.8, 4) is 11.6 Å². The summed E-state index contributed by atoms with van der Waals surface area (Å²) in [7, 11) is 1.59. The van der Waals surface area contributed by atoms with E-state index in [2.05, 4.69) is 15.3 Å². The number of aryl methyl sites for hydroxylation is 1. The molecular weight excluding hydrogens is 436 g/mol. The van der Waals surface area contributed by atoms with Gasteiger partial charge in [-0.05, 0) is 63.9 Å². The SMILES string of the molecule is COc1ccc(COc2nc3c([C@@H](C)NC(=O)OC(C)(C)C)cc(C)cc3nc2C(N)=O)cc1. The van der Waals surface area contributed by atoms with Crippen LogP contribution in [0.25, 0.3) is 11.0 Å². The number of amides is 2. The summed E-state index contributed by atoms with van der Waals surface area (Å²) in [6, 6.07) is 10.6. The van der Waals surface area contributed by atoms with Crippen LogP contribution in [0.3, 0.4) is 0 Å². The van der Waals surface area contributed by atoms with Crippen molar-refractivity contribution in [2.75, 3.05) is 7.11 Å². The number of nitrogens with zero attached hydrogens (tertiary/aromatic N) is 2. The van der Waals surface area contributed by atoms with Crippen LogP contribution in [0.15, 0.2) is 36.4 Å². The minimum atomic E-state index is -0.748. The maximum Gasteiger partial charge on any atom is 0.408 e. The standard InChI is InChI=1S/C25H30N4O5/c1-14-11-18(15(2)27-24(31)34-25(3,4)5)20-19(12-14)28-21(22(26)30)23(29-20)33-13-16-7-9-17(32-6)10-8-16/h7-12,15H,13H2,1-6H3,(H2,26,30)(H,27,31)/t15-/m1/s1. The molecule has 0 aliphatic rings. The number of alkyl carbamates (subject to hydrolysis) is 1. The minimum Gasteiger partial charge on any atom is -0.497 e. The topological polar surface area (TPSA) is 126 Å². The number of aromatic nitrogens is 2. The number of fused-ring (bicyclic) bond motifs is 1. The Bertz CT molecular complexity index is 1200. The van der Waals surface area contributed by atoms with E-state index in [1.165, 1.54) is 0 Å². The predicted octanol–water partition coefficient (Wildman–Crippen LogP) is 4.21. The molecule has 0 fully saturated rings. The van der Waals surface area contributed by atoms with E-state index in [0.29, 0.717) is 16.6 Å². The van der Waals surface area contributed by atoms with Crippen molar-refractivity contribution >= 4 is 23.0 Å². The Balaban J connectivity index is 1.97. The molecule has 1 heterocycles. The zero-order valence-electron chi connectivity index (χ0n) is 20.3. The third kappa shape index (κ3) is 6.12. The normalized spacial score (nSPS) is 12.2. The number of hydrogen-bond donors (Lipinski definition) is 2. The molecule has 34 heavy (non-hydrogen) atoms. The molecule has 0 unspecified atom stereocenters. The Kier molecular flexibility index (Phi) is 7.24. The van der Waals surface area contributed by atoms with Gasteiger partial charge in [-0.15, -0.1) is 0 Å². The highest BCUT2D eigenvalue weighted by Gasteiger charge is 2.22. The van der Waals surface area contributed by atoms with Crippen LogP contribution < -0.4 is 20.5 Å². The van der Waals surface area contributed by atoms with Gasteiger partial charge in [0.1, 0.15) is 18.0 Å². The van der Waals surface area contributed by atoms with Gasteiger partial charge in [0.25, 0.3) is 5.91 Å². The summed E-state index contributed by atoms with van der Waals surface area (Å²) in [5, 5.41) is 2.82. The number of carbonyl (C=O) groups is 2. The average molecular weight is 467 g/mol. The molecule has 1 aromatic heterocycles. The van der Waals surface area contributed by atoms with Crippen LogP contribution in [0.5, 0.6) is 11.6 Å². The molecule has 3 N–H and O–H groups in total. The van der Waals surface area contributed by atoms with Gasteiger partial charge in [-0.2, -0.15) is 0 Å². The Morgan fingerprint density at radius 1 is 1.12 bits per heavy atom. The lowest BCUT2D eigenvalue weighted by Gasteiger charge is -2.23. The maximum atomic E-state index is 12.3. The van der Waals surface area contributed by atoms with Gasteiger partial charge in [-0.1, -0.05) is 18.2 Å². The number of methoxy groups -OCH3 is 1. The summed E-state index contributed by atoms with van der Waals surface area (Å²) in [5.41, 5.74) is 8.27. The van der Waals surface area contributed by atoms with E-state index >= 15 is 0 Å². The van der Waals surface area contributed by atoms with Crippen molar-refractivity contribution in [1.29, 1.82) is 0 Å². The summed E-state index contributed by atoms with van der Waals surface area (Å²) < 4.78 is 16.4. The Morgan fingerprint density at radius 2 is 1.79 bits per heavy atom. The highest BCUT2D eigenvalue weighted by atomic mass is 16.6. The van der Waals surface area contributed by atoms with Gasteiger partial charge in [0.15, 0.2) is 5.69 Å². The third-order valence-corrected chi connectivity index (χ3v) is 4.88. The van der Waals surface area contributed by atoms with E-state index in [1.807, 2.05) is 44.2 Å². The lowest BCUT2D eigenvalue weighted by Crippen LogP contribution is -2.34. The van der Waals surface area contributed by atoms with E-state index in [1.54, 1.807) is 33.9 Å². The van der Waals surface area contributed by atoms with Gasteiger partial charge < -0.3 is 25.3 Å². The fourth-order valence-electron chi connectivity index (χ4n) is 3.34. The third-order valence-electron chi connectivity index (χ3n) is 4.88. The monoisotopic (exact) mass is 466 g/mol.